The van der Waals surface area contributed by atoms with Gasteiger partial charge in [0.05, 0.1) is 11.5 Å². The third-order valence-corrected chi connectivity index (χ3v) is 4.17. The van der Waals surface area contributed by atoms with Crippen LogP contribution < -0.4 is 5.32 Å². The van der Waals surface area contributed by atoms with Crippen molar-refractivity contribution in [2.75, 3.05) is 16.8 Å². The summed E-state index contributed by atoms with van der Waals surface area (Å²) in [5.41, 5.74) is 0.541. The van der Waals surface area contributed by atoms with Crippen LogP contribution in [-0.4, -0.2) is 27.7 Å². The number of halogens is 1. The second-order valence-electron chi connectivity index (χ2n) is 3.40. The zero-order valence-corrected chi connectivity index (χ0v) is 10.8. The first-order chi connectivity index (χ1) is 8.63. The molecule has 2 rings (SSSR count). The molecule has 0 saturated heterocycles. The average molecular weight is 284 g/mol. The summed E-state index contributed by atoms with van der Waals surface area (Å²) in [6.45, 7) is 0. The van der Waals surface area contributed by atoms with Crippen LogP contribution in [0, 0.1) is 5.82 Å². The van der Waals surface area contributed by atoms with Crippen molar-refractivity contribution >= 4 is 45.4 Å². The molecule has 1 aliphatic heterocycles. The molecule has 0 aliphatic carbocycles. The first kappa shape index (κ1) is 13.1. The van der Waals surface area contributed by atoms with E-state index in [9.17, 15) is 14.0 Å². The molecule has 94 valence electrons. The number of hydrogen-bond donors (Lipinski definition) is 1. The minimum absolute atomic E-state index is 0.165. The molecular formula is C11H9FN2O2S2. The molecule has 1 heterocycles. The van der Waals surface area contributed by atoms with E-state index in [2.05, 4.69) is 10.3 Å². The molecular weight excluding hydrogens is 275 g/mol. The van der Waals surface area contributed by atoms with Crippen molar-refractivity contribution in [3.8, 4) is 0 Å². The molecule has 7 heteroatoms. The Morgan fingerprint density at radius 2 is 2.17 bits per heavy atom. The molecule has 18 heavy (non-hydrogen) atoms. The van der Waals surface area contributed by atoms with Gasteiger partial charge in [-0.05, 0) is 24.3 Å². The lowest BCUT2D eigenvalue weighted by Crippen LogP contribution is -2.14. The van der Waals surface area contributed by atoms with Crippen molar-refractivity contribution in [1.82, 2.24) is 0 Å². The second kappa shape index (κ2) is 6.01. The SMILES string of the molecule is O=C1CSC(SCC(=O)Nc2ccc(F)cc2)=N1. The maximum Gasteiger partial charge on any atom is 0.257 e. The molecule has 1 aromatic carbocycles. The number of hydrogen-bond acceptors (Lipinski definition) is 4. The van der Waals surface area contributed by atoms with E-state index in [-0.39, 0.29) is 23.4 Å². The summed E-state index contributed by atoms with van der Waals surface area (Å²) in [5, 5.41) is 2.63. The van der Waals surface area contributed by atoms with E-state index in [4.69, 9.17) is 0 Å². The molecule has 1 aliphatic rings. The lowest BCUT2D eigenvalue weighted by atomic mass is 10.3. The van der Waals surface area contributed by atoms with Crippen LogP contribution in [-0.2, 0) is 9.59 Å². The van der Waals surface area contributed by atoms with E-state index < -0.39 is 0 Å². The molecule has 1 aromatic rings. The van der Waals surface area contributed by atoms with Crippen molar-refractivity contribution in [1.29, 1.82) is 0 Å². The van der Waals surface area contributed by atoms with Crippen molar-refractivity contribution in [2.45, 2.75) is 0 Å². The number of aliphatic imine (C=N–C) groups is 1. The van der Waals surface area contributed by atoms with Gasteiger partial charge in [-0.1, -0.05) is 23.5 Å². The molecule has 0 aromatic heterocycles. The Morgan fingerprint density at radius 1 is 1.44 bits per heavy atom. The lowest BCUT2D eigenvalue weighted by molar-refractivity contribution is -0.115. The van der Waals surface area contributed by atoms with Crippen molar-refractivity contribution < 1.29 is 14.0 Å². The number of amides is 2. The van der Waals surface area contributed by atoms with E-state index in [1.165, 1.54) is 47.8 Å². The summed E-state index contributed by atoms with van der Waals surface area (Å²) in [5.74, 6) is -0.202. The zero-order chi connectivity index (χ0) is 13.0. The highest BCUT2D eigenvalue weighted by Crippen LogP contribution is 2.22. The molecule has 0 saturated carbocycles. The van der Waals surface area contributed by atoms with Gasteiger partial charge in [0.2, 0.25) is 5.91 Å². The van der Waals surface area contributed by atoms with Gasteiger partial charge in [0.25, 0.3) is 5.91 Å². The maximum absolute atomic E-state index is 12.6. The van der Waals surface area contributed by atoms with Crippen molar-refractivity contribution in [3.05, 3.63) is 30.1 Å². The topological polar surface area (TPSA) is 58.5 Å². The molecule has 0 radical (unpaired) electrons. The van der Waals surface area contributed by atoms with Crippen LogP contribution in [0.5, 0.6) is 0 Å². The maximum atomic E-state index is 12.6. The largest absolute Gasteiger partial charge is 0.325 e. The van der Waals surface area contributed by atoms with Crippen LogP contribution in [0.1, 0.15) is 0 Å². The van der Waals surface area contributed by atoms with Gasteiger partial charge in [-0.2, -0.15) is 4.99 Å². The monoisotopic (exact) mass is 284 g/mol. The van der Waals surface area contributed by atoms with E-state index >= 15 is 0 Å². The number of nitrogens with one attached hydrogen (secondary N) is 1. The van der Waals surface area contributed by atoms with E-state index in [0.29, 0.717) is 15.8 Å². The third-order valence-electron chi connectivity index (χ3n) is 1.99. The van der Waals surface area contributed by atoms with E-state index in [1.54, 1.807) is 0 Å². The fourth-order valence-electron chi connectivity index (χ4n) is 1.22. The Morgan fingerprint density at radius 3 is 2.78 bits per heavy atom. The number of rotatable bonds is 3. The summed E-state index contributed by atoms with van der Waals surface area (Å²) >= 11 is 2.56. The predicted octanol–water partition coefficient (Wildman–Crippen LogP) is 2.13. The van der Waals surface area contributed by atoms with Crippen LogP contribution in [0.4, 0.5) is 10.1 Å². The predicted molar refractivity (Wildman–Crippen MR) is 72.4 cm³/mol. The third kappa shape index (κ3) is 3.85. The van der Waals surface area contributed by atoms with Gasteiger partial charge in [0.1, 0.15) is 10.2 Å². The molecule has 0 atom stereocenters. The fourth-order valence-corrected chi connectivity index (χ4v) is 2.88. The van der Waals surface area contributed by atoms with Crippen LogP contribution in [0.25, 0.3) is 0 Å². The van der Waals surface area contributed by atoms with Crippen LogP contribution in [0.3, 0.4) is 0 Å². The van der Waals surface area contributed by atoms with Gasteiger partial charge in [0, 0.05) is 5.69 Å². The van der Waals surface area contributed by atoms with Gasteiger partial charge in [0.15, 0.2) is 0 Å². The van der Waals surface area contributed by atoms with Gasteiger partial charge in [-0.3, -0.25) is 9.59 Å². The summed E-state index contributed by atoms with van der Waals surface area (Å²) in [6.07, 6.45) is 0. The highest BCUT2D eigenvalue weighted by atomic mass is 32.2. The highest BCUT2D eigenvalue weighted by molar-refractivity contribution is 8.39. The Bertz CT molecular complexity index is 502. The summed E-state index contributed by atoms with van der Waals surface area (Å²) in [4.78, 5) is 26.2. The normalized spacial score (nSPS) is 14.5. The first-order valence-corrected chi connectivity index (χ1v) is 7.03. The number of benzene rings is 1. The molecule has 0 unspecified atom stereocenters. The average Bonchev–Trinajstić information content (AvgIpc) is 2.76. The quantitative estimate of drug-likeness (QED) is 0.923. The van der Waals surface area contributed by atoms with Gasteiger partial charge in [-0.15, -0.1) is 0 Å². The highest BCUT2D eigenvalue weighted by Gasteiger charge is 2.16. The van der Waals surface area contributed by atoms with E-state index in [1.807, 2.05) is 0 Å². The first-order valence-electron chi connectivity index (χ1n) is 5.06. The molecule has 2 amide bonds. The number of carbonyl (C=O) groups excluding carboxylic acids is 2. The number of thioether (sulfide) groups is 2. The van der Waals surface area contributed by atoms with Gasteiger partial charge in [-0.25, -0.2) is 4.39 Å². The zero-order valence-electron chi connectivity index (χ0n) is 9.18. The van der Waals surface area contributed by atoms with Crippen molar-refractivity contribution in [2.24, 2.45) is 4.99 Å². The second-order valence-corrected chi connectivity index (χ2v) is 5.59. The Balaban J connectivity index is 1.80. The standard InChI is InChI=1S/C11H9FN2O2S2/c12-7-1-3-8(4-2-7)13-9(15)5-17-11-14-10(16)6-18-11/h1-4H,5-6H2,(H,13,15). The van der Waals surface area contributed by atoms with Crippen molar-refractivity contribution in [3.63, 3.8) is 0 Å². The number of anilines is 1. The Hall–Kier alpha value is -1.34. The lowest BCUT2D eigenvalue weighted by Gasteiger charge is -2.04. The van der Waals surface area contributed by atoms with Crippen LogP contribution in [0.15, 0.2) is 29.3 Å². The number of carbonyl (C=O) groups is 2. The summed E-state index contributed by atoms with van der Waals surface area (Å²) < 4.78 is 13.3. The minimum atomic E-state index is -0.349. The smallest absolute Gasteiger partial charge is 0.257 e. The molecule has 1 N–H and O–H groups in total. The molecule has 0 fully saturated rings. The summed E-state index contributed by atoms with van der Waals surface area (Å²) in [7, 11) is 0. The molecule has 0 spiro atoms. The molecule has 0 bridgehead atoms. The van der Waals surface area contributed by atoms with Gasteiger partial charge >= 0.3 is 0 Å². The van der Waals surface area contributed by atoms with E-state index in [0.717, 1.165) is 0 Å². The fraction of sp³-hybridized carbons (Fsp3) is 0.182. The van der Waals surface area contributed by atoms with Crippen LogP contribution >= 0.6 is 23.5 Å². The molecule has 4 nitrogen and oxygen atoms in total. The Kier molecular flexibility index (Phi) is 4.38. The van der Waals surface area contributed by atoms with Gasteiger partial charge < -0.3 is 5.32 Å². The number of nitrogens with zero attached hydrogens (tertiary/aromatic N) is 1. The van der Waals surface area contributed by atoms with Crippen LogP contribution in [0.2, 0.25) is 0 Å². The summed E-state index contributed by atoms with van der Waals surface area (Å²) in [6, 6.07) is 5.53. The minimum Gasteiger partial charge on any atom is -0.325 e. The Labute approximate surface area is 111 Å².